The Hall–Kier alpha value is -2.47. The van der Waals surface area contributed by atoms with E-state index in [-0.39, 0.29) is 12.4 Å². The molecule has 2 aromatic rings. The summed E-state index contributed by atoms with van der Waals surface area (Å²) in [5.41, 5.74) is 5.64. The maximum absolute atomic E-state index is 14.8. The van der Waals surface area contributed by atoms with Crippen molar-refractivity contribution in [1.82, 2.24) is 4.98 Å². The highest BCUT2D eigenvalue weighted by Gasteiger charge is 2.51. The van der Waals surface area contributed by atoms with Gasteiger partial charge in [-0.1, -0.05) is 18.2 Å². The van der Waals surface area contributed by atoms with E-state index in [1.54, 1.807) is 30.6 Å². The van der Waals surface area contributed by atoms with Gasteiger partial charge >= 0.3 is 0 Å². The summed E-state index contributed by atoms with van der Waals surface area (Å²) in [6.45, 7) is -0.0215. The van der Waals surface area contributed by atoms with Gasteiger partial charge in [0.15, 0.2) is 11.3 Å². The first-order valence-corrected chi connectivity index (χ1v) is 6.53. The molecule has 0 bridgehead atoms. The summed E-state index contributed by atoms with van der Waals surface area (Å²) in [5.74, 6) is 1.24. The quantitative estimate of drug-likeness (QED) is 0.805. The highest BCUT2D eigenvalue weighted by Crippen LogP contribution is 2.52. The van der Waals surface area contributed by atoms with Gasteiger partial charge in [-0.05, 0) is 12.1 Å². The van der Waals surface area contributed by atoms with Gasteiger partial charge in [0.2, 0.25) is 6.36 Å². The lowest BCUT2D eigenvalue weighted by atomic mass is 9.80. The summed E-state index contributed by atoms with van der Waals surface area (Å²) >= 11 is 0. The van der Waals surface area contributed by atoms with Crippen LogP contribution >= 0.6 is 0 Å². The molecule has 2 aliphatic heterocycles. The topological polar surface area (TPSA) is 69.7 Å². The Labute approximate surface area is 120 Å². The van der Waals surface area contributed by atoms with Crippen molar-refractivity contribution in [2.24, 2.45) is 10.7 Å². The number of halogens is 1. The molecule has 5 nitrogen and oxygen atoms in total. The van der Waals surface area contributed by atoms with E-state index in [1.807, 2.05) is 12.1 Å². The molecule has 2 atom stereocenters. The van der Waals surface area contributed by atoms with Crippen molar-refractivity contribution in [2.75, 3.05) is 6.61 Å². The molecule has 2 unspecified atom stereocenters. The van der Waals surface area contributed by atoms with Gasteiger partial charge in [-0.3, -0.25) is 4.98 Å². The van der Waals surface area contributed by atoms with Gasteiger partial charge in [0.25, 0.3) is 0 Å². The average Bonchev–Trinajstić information content (AvgIpc) is 2.51. The lowest BCUT2D eigenvalue weighted by Crippen LogP contribution is -2.47. The smallest absolute Gasteiger partial charge is 0.233 e. The molecule has 3 heterocycles. The molecule has 21 heavy (non-hydrogen) atoms. The molecule has 4 rings (SSSR count). The molecule has 0 amide bonds. The molecular weight excluding hydrogens is 273 g/mol. The number of para-hydroxylation sites is 1. The van der Waals surface area contributed by atoms with Gasteiger partial charge < -0.3 is 15.2 Å². The van der Waals surface area contributed by atoms with Crippen molar-refractivity contribution in [3.8, 4) is 11.5 Å². The molecule has 1 spiro atoms. The number of benzene rings is 1. The van der Waals surface area contributed by atoms with Crippen molar-refractivity contribution < 1.29 is 13.9 Å². The van der Waals surface area contributed by atoms with Crippen molar-refractivity contribution in [3.63, 3.8) is 0 Å². The summed E-state index contributed by atoms with van der Waals surface area (Å²) in [6.07, 6.45) is 1.47. The van der Waals surface area contributed by atoms with Crippen molar-refractivity contribution >= 4 is 5.84 Å². The van der Waals surface area contributed by atoms with Crippen LogP contribution < -0.4 is 10.5 Å². The molecular formula is C15H12FN3O2. The number of ether oxygens (including phenoxy) is 2. The lowest BCUT2D eigenvalue weighted by Gasteiger charge is -2.40. The zero-order chi connectivity index (χ0) is 14.4. The van der Waals surface area contributed by atoms with E-state index >= 15 is 0 Å². The van der Waals surface area contributed by atoms with Crippen molar-refractivity contribution in [2.45, 2.75) is 11.9 Å². The van der Waals surface area contributed by atoms with Gasteiger partial charge in [-0.15, -0.1) is 0 Å². The molecule has 0 saturated carbocycles. The van der Waals surface area contributed by atoms with E-state index in [4.69, 9.17) is 15.2 Å². The van der Waals surface area contributed by atoms with Crippen LogP contribution in [0.1, 0.15) is 11.1 Å². The maximum Gasteiger partial charge on any atom is 0.233 e. The number of hydrogen-bond acceptors (Lipinski definition) is 5. The normalized spacial score (nSPS) is 26.5. The maximum atomic E-state index is 14.8. The molecule has 0 fully saturated rings. The minimum Gasteiger partial charge on any atom is -0.455 e. The van der Waals surface area contributed by atoms with E-state index < -0.39 is 11.9 Å². The molecule has 1 aromatic carbocycles. The number of rotatable bonds is 0. The highest BCUT2D eigenvalue weighted by atomic mass is 19.1. The second kappa shape index (κ2) is 4.26. The molecule has 2 aliphatic rings. The first kappa shape index (κ1) is 12.3. The van der Waals surface area contributed by atoms with E-state index in [0.29, 0.717) is 22.6 Å². The van der Waals surface area contributed by atoms with Crippen LogP contribution in [0, 0.1) is 0 Å². The van der Waals surface area contributed by atoms with Crippen molar-refractivity contribution in [3.05, 3.63) is 53.9 Å². The Kier molecular flexibility index (Phi) is 2.49. The molecule has 1 aromatic heterocycles. The molecule has 0 radical (unpaired) electrons. The number of alkyl halides is 1. The minimum absolute atomic E-state index is 0.0215. The summed E-state index contributed by atoms with van der Waals surface area (Å²) in [4.78, 5) is 8.45. The molecule has 0 aliphatic carbocycles. The van der Waals surface area contributed by atoms with Gasteiger partial charge in [-0.25, -0.2) is 9.38 Å². The van der Waals surface area contributed by atoms with E-state index in [9.17, 15) is 4.39 Å². The number of fused-ring (bicyclic) bond motifs is 4. The Morgan fingerprint density at radius 1 is 1.19 bits per heavy atom. The van der Waals surface area contributed by atoms with Crippen LogP contribution in [0.25, 0.3) is 0 Å². The van der Waals surface area contributed by atoms with E-state index in [0.717, 1.165) is 0 Å². The van der Waals surface area contributed by atoms with E-state index in [1.165, 1.54) is 0 Å². The molecule has 6 heteroatoms. The van der Waals surface area contributed by atoms with Gasteiger partial charge in [-0.2, -0.15) is 0 Å². The van der Waals surface area contributed by atoms with Crippen LogP contribution in [0.5, 0.6) is 11.5 Å². The Bertz CT molecular complexity index is 702. The Morgan fingerprint density at radius 2 is 2.00 bits per heavy atom. The third-order valence-corrected chi connectivity index (χ3v) is 3.74. The molecule has 0 saturated heterocycles. The SMILES string of the molecule is NC1=NC2(c3ccccc3Oc3cnccc32)C(F)OC1. The average molecular weight is 285 g/mol. The van der Waals surface area contributed by atoms with Gasteiger partial charge in [0, 0.05) is 17.3 Å². The predicted molar refractivity (Wildman–Crippen MR) is 74.0 cm³/mol. The van der Waals surface area contributed by atoms with Gasteiger partial charge in [0.05, 0.1) is 6.20 Å². The number of pyridine rings is 1. The standard InChI is InChI=1S/C15H12FN3O2/c16-14-15(19-13(17)8-20-14)9-3-1-2-4-11(9)21-12-7-18-6-5-10(12)15/h1-7,14H,8H2,(H2,17,19). The number of aliphatic imine (C=N–C) groups is 1. The Morgan fingerprint density at radius 3 is 2.90 bits per heavy atom. The fourth-order valence-electron chi connectivity index (χ4n) is 2.86. The first-order valence-electron chi connectivity index (χ1n) is 6.53. The first-order chi connectivity index (χ1) is 10.2. The molecule has 2 N–H and O–H groups in total. The lowest BCUT2D eigenvalue weighted by molar-refractivity contribution is -0.0745. The summed E-state index contributed by atoms with van der Waals surface area (Å²) in [5, 5.41) is 0. The number of nitrogens with two attached hydrogens (primary N) is 1. The zero-order valence-corrected chi connectivity index (χ0v) is 11.0. The van der Waals surface area contributed by atoms with E-state index in [2.05, 4.69) is 9.98 Å². The third kappa shape index (κ3) is 1.59. The fourth-order valence-corrected chi connectivity index (χ4v) is 2.86. The highest BCUT2D eigenvalue weighted by molar-refractivity contribution is 5.83. The monoisotopic (exact) mass is 285 g/mol. The number of amidine groups is 1. The third-order valence-electron chi connectivity index (χ3n) is 3.74. The minimum atomic E-state index is -1.64. The summed E-state index contributed by atoms with van der Waals surface area (Å²) < 4.78 is 25.8. The van der Waals surface area contributed by atoms with Crippen LogP contribution in [0.15, 0.2) is 47.7 Å². The summed E-state index contributed by atoms with van der Waals surface area (Å²) in [6, 6.07) is 8.85. The molecule has 106 valence electrons. The largest absolute Gasteiger partial charge is 0.455 e. The van der Waals surface area contributed by atoms with Crippen molar-refractivity contribution in [1.29, 1.82) is 0 Å². The summed E-state index contributed by atoms with van der Waals surface area (Å²) in [7, 11) is 0. The van der Waals surface area contributed by atoms with Crippen LogP contribution in [0.3, 0.4) is 0 Å². The van der Waals surface area contributed by atoms with Crippen LogP contribution in [0.4, 0.5) is 4.39 Å². The zero-order valence-electron chi connectivity index (χ0n) is 11.0. The second-order valence-corrected chi connectivity index (χ2v) is 4.97. The Balaban J connectivity index is 2.08. The van der Waals surface area contributed by atoms with Crippen LogP contribution in [0.2, 0.25) is 0 Å². The van der Waals surface area contributed by atoms with Gasteiger partial charge in [0.1, 0.15) is 18.2 Å². The number of nitrogens with zero attached hydrogens (tertiary/aromatic N) is 2. The number of hydrogen-bond donors (Lipinski definition) is 1. The predicted octanol–water partition coefficient (Wildman–Crippen LogP) is 2.11. The van der Waals surface area contributed by atoms with Crippen LogP contribution in [-0.4, -0.2) is 23.8 Å². The number of aromatic nitrogens is 1. The second-order valence-electron chi connectivity index (χ2n) is 4.97. The van der Waals surface area contributed by atoms with Crippen LogP contribution in [-0.2, 0) is 10.3 Å². The fraction of sp³-hybridized carbons (Fsp3) is 0.200.